The Morgan fingerprint density at radius 2 is 2.21 bits per heavy atom. The lowest BCUT2D eigenvalue weighted by molar-refractivity contribution is 0.290. The zero-order valence-electron chi connectivity index (χ0n) is 13.7. The van der Waals surface area contributed by atoms with Crippen LogP contribution in [0.3, 0.4) is 0 Å². The van der Waals surface area contributed by atoms with Crippen LogP contribution in [0.4, 0.5) is 0 Å². The van der Waals surface area contributed by atoms with Gasteiger partial charge in [-0.15, -0.1) is 0 Å². The third-order valence-corrected chi connectivity index (χ3v) is 4.17. The van der Waals surface area contributed by atoms with Crippen molar-refractivity contribution in [3.63, 3.8) is 0 Å². The molecule has 0 radical (unpaired) electrons. The quantitative estimate of drug-likeness (QED) is 0.617. The lowest BCUT2D eigenvalue weighted by atomic mass is 10.1. The van der Waals surface area contributed by atoms with E-state index in [9.17, 15) is 10.1 Å². The minimum atomic E-state index is -0.472. The van der Waals surface area contributed by atoms with Crippen LogP contribution in [0.5, 0.6) is 5.75 Å². The Kier molecular flexibility index (Phi) is 6.29. The molecule has 0 spiro atoms. The van der Waals surface area contributed by atoms with Gasteiger partial charge in [0.2, 0.25) is 0 Å². The predicted octanol–water partition coefficient (Wildman–Crippen LogP) is 4.11. The highest BCUT2D eigenvalue weighted by Gasteiger charge is 2.17. The molecular weight excluding hydrogens is 346 g/mol. The number of rotatable bonds is 6. The average Bonchev–Trinajstić information content (AvgIpc) is 2.55. The van der Waals surface area contributed by atoms with Crippen LogP contribution in [-0.2, 0) is 0 Å². The summed E-state index contributed by atoms with van der Waals surface area (Å²) in [6, 6.07) is 7.04. The van der Waals surface area contributed by atoms with Crippen LogP contribution in [0.15, 0.2) is 28.2 Å². The lowest BCUT2D eigenvalue weighted by Gasteiger charge is -2.13. The highest BCUT2D eigenvalue weighted by molar-refractivity contribution is 7.98. The number of nitrogens with zero attached hydrogens (tertiary/aromatic N) is 2. The number of ether oxygens (including phenoxy) is 1. The minimum Gasteiger partial charge on any atom is -0.493 e. The van der Waals surface area contributed by atoms with Gasteiger partial charge in [-0.1, -0.05) is 37.2 Å². The van der Waals surface area contributed by atoms with Crippen molar-refractivity contribution < 1.29 is 4.74 Å². The van der Waals surface area contributed by atoms with Crippen LogP contribution in [0.1, 0.15) is 25.8 Å². The summed E-state index contributed by atoms with van der Waals surface area (Å²) in [5.74, 6) is 1.07. The first kappa shape index (κ1) is 18.4. The van der Waals surface area contributed by atoms with Gasteiger partial charge in [-0.3, -0.25) is 4.79 Å². The van der Waals surface area contributed by atoms with Gasteiger partial charge in [0.1, 0.15) is 23.1 Å². The summed E-state index contributed by atoms with van der Waals surface area (Å²) >= 11 is 7.40. The summed E-state index contributed by atoms with van der Waals surface area (Å²) in [5.41, 5.74) is 0.306. The molecule has 0 saturated carbocycles. The van der Waals surface area contributed by atoms with Crippen molar-refractivity contribution in [2.45, 2.75) is 25.4 Å². The molecule has 1 N–H and O–H groups in total. The largest absolute Gasteiger partial charge is 0.493 e. The number of benzene rings is 1. The van der Waals surface area contributed by atoms with Gasteiger partial charge in [-0.2, -0.15) is 5.26 Å². The molecule has 0 aliphatic heterocycles. The summed E-state index contributed by atoms with van der Waals surface area (Å²) in [6.45, 7) is 4.76. The van der Waals surface area contributed by atoms with Gasteiger partial charge in [-0.25, -0.2) is 4.98 Å². The fourth-order valence-electron chi connectivity index (χ4n) is 2.07. The smallest absolute Gasteiger partial charge is 0.270 e. The fourth-order valence-corrected chi connectivity index (χ4v) is 2.61. The number of aromatic nitrogens is 2. The van der Waals surface area contributed by atoms with E-state index in [-0.39, 0.29) is 11.3 Å². The zero-order chi connectivity index (χ0) is 17.7. The topological polar surface area (TPSA) is 78.8 Å². The molecular formula is C17H18ClN3O2S. The van der Waals surface area contributed by atoms with Crippen molar-refractivity contribution in [2.75, 3.05) is 12.9 Å². The van der Waals surface area contributed by atoms with Crippen molar-refractivity contribution in [3.8, 4) is 23.1 Å². The first-order valence-electron chi connectivity index (χ1n) is 7.47. The number of hydrogen-bond donors (Lipinski definition) is 1. The summed E-state index contributed by atoms with van der Waals surface area (Å²) in [7, 11) is 0. The van der Waals surface area contributed by atoms with Crippen molar-refractivity contribution >= 4 is 23.4 Å². The fraction of sp³-hybridized carbons (Fsp3) is 0.353. The van der Waals surface area contributed by atoms with E-state index in [0.717, 1.165) is 6.42 Å². The SMILES string of the molecule is CSc1nc(-c2cc(Cl)ccc2OCCC(C)C)c(C#N)c(=O)[nH]1. The molecule has 5 nitrogen and oxygen atoms in total. The van der Waals surface area contributed by atoms with Crippen LogP contribution in [-0.4, -0.2) is 22.8 Å². The first-order valence-corrected chi connectivity index (χ1v) is 9.07. The average molecular weight is 364 g/mol. The first-order chi connectivity index (χ1) is 11.5. The molecule has 7 heteroatoms. The van der Waals surface area contributed by atoms with Crippen molar-refractivity contribution in [1.29, 1.82) is 5.26 Å². The number of nitrogens with one attached hydrogen (secondary N) is 1. The molecule has 2 rings (SSSR count). The van der Waals surface area contributed by atoms with E-state index in [4.69, 9.17) is 16.3 Å². The maximum absolute atomic E-state index is 12.1. The minimum absolute atomic E-state index is 0.0521. The number of H-pyrrole nitrogens is 1. The van der Waals surface area contributed by atoms with Crippen LogP contribution in [0.25, 0.3) is 11.3 Å². The van der Waals surface area contributed by atoms with E-state index in [1.54, 1.807) is 24.5 Å². The standard InChI is InChI=1S/C17H18ClN3O2S/c1-10(2)6-7-23-14-5-4-11(18)8-12(14)15-13(9-19)16(22)21-17(20-15)24-3/h4-5,8,10H,6-7H2,1-3H3,(H,20,21,22). The summed E-state index contributed by atoms with van der Waals surface area (Å²) < 4.78 is 5.84. The predicted molar refractivity (Wildman–Crippen MR) is 96.7 cm³/mol. The van der Waals surface area contributed by atoms with Crippen LogP contribution < -0.4 is 10.3 Å². The Hall–Kier alpha value is -1.97. The Morgan fingerprint density at radius 3 is 2.83 bits per heavy atom. The monoisotopic (exact) mass is 363 g/mol. The van der Waals surface area contributed by atoms with Gasteiger partial charge in [0.15, 0.2) is 5.16 Å². The summed E-state index contributed by atoms with van der Waals surface area (Å²) in [6.07, 6.45) is 2.69. The Balaban J connectivity index is 2.55. The molecule has 0 bridgehead atoms. The Labute approximate surface area is 150 Å². The second-order valence-electron chi connectivity index (χ2n) is 5.58. The summed E-state index contributed by atoms with van der Waals surface area (Å²) in [5, 5.41) is 10.3. The third-order valence-electron chi connectivity index (χ3n) is 3.35. The molecule has 0 aliphatic carbocycles. The molecule has 1 heterocycles. The number of aromatic amines is 1. The second-order valence-corrected chi connectivity index (χ2v) is 6.81. The van der Waals surface area contributed by atoms with E-state index < -0.39 is 5.56 Å². The highest BCUT2D eigenvalue weighted by Crippen LogP contribution is 2.33. The van der Waals surface area contributed by atoms with Gasteiger partial charge in [0.05, 0.1) is 6.61 Å². The van der Waals surface area contributed by atoms with Crippen molar-refractivity contribution in [1.82, 2.24) is 9.97 Å². The van der Waals surface area contributed by atoms with Crippen molar-refractivity contribution in [3.05, 3.63) is 39.1 Å². The molecule has 0 aliphatic rings. The van der Waals surface area contributed by atoms with E-state index in [1.165, 1.54) is 11.8 Å². The van der Waals surface area contributed by atoms with Gasteiger partial charge in [0.25, 0.3) is 5.56 Å². The molecule has 0 saturated heterocycles. The van der Waals surface area contributed by atoms with Crippen molar-refractivity contribution in [2.24, 2.45) is 5.92 Å². The molecule has 0 fully saturated rings. The maximum Gasteiger partial charge on any atom is 0.270 e. The Morgan fingerprint density at radius 1 is 1.46 bits per heavy atom. The van der Waals surface area contributed by atoms with E-state index in [0.29, 0.717) is 34.0 Å². The van der Waals surface area contributed by atoms with E-state index in [2.05, 4.69) is 23.8 Å². The van der Waals surface area contributed by atoms with Crippen LogP contribution in [0, 0.1) is 17.2 Å². The third kappa shape index (κ3) is 4.31. The van der Waals surface area contributed by atoms with Crippen LogP contribution in [0.2, 0.25) is 5.02 Å². The lowest BCUT2D eigenvalue weighted by Crippen LogP contribution is -2.15. The van der Waals surface area contributed by atoms with Crippen LogP contribution >= 0.6 is 23.4 Å². The molecule has 1 aromatic heterocycles. The summed E-state index contributed by atoms with van der Waals surface area (Å²) in [4.78, 5) is 19.1. The Bertz CT molecular complexity index is 828. The normalized spacial score (nSPS) is 10.7. The molecule has 1 aromatic carbocycles. The molecule has 126 valence electrons. The number of thioether (sulfide) groups is 1. The van der Waals surface area contributed by atoms with Gasteiger partial charge >= 0.3 is 0 Å². The molecule has 2 aromatic rings. The molecule has 24 heavy (non-hydrogen) atoms. The number of hydrogen-bond acceptors (Lipinski definition) is 5. The van der Waals surface area contributed by atoms with E-state index >= 15 is 0 Å². The highest BCUT2D eigenvalue weighted by atomic mass is 35.5. The number of halogens is 1. The zero-order valence-corrected chi connectivity index (χ0v) is 15.3. The van der Waals surface area contributed by atoms with Gasteiger partial charge in [0, 0.05) is 10.6 Å². The second kappa shape index (κ2) is 8.22. The molecule has 0 unspecified atom stereocenters. The van der Waals surface area contributed by atoms with Gasteiger partial charge in [-0.05, 0) is 36.8 Å². The van der Waals surface area contributed by atoms with Gasteiger partial charge < -0.3 is 9.72 Å². The number of nitriles is 1. The maximum atomic E-state index is 12.1. The van der Waals surface area contributed by atoms with E-state index in [1.807, 2.05) is 6.07 Å². The molecule has 0 amide bonds. The molecule has 0 atom stereocenters.